The molecule has 2 unspecified atom stereocenters. The van der Waals surface area contributed by atoms with Crippen LogP contribution < -0.4 is 9.80 Å². The van der Waals surface area contributed by atoms with E-state index in [4.69, 9.17) is 23.2 Å². The van der Waals surface area contributed by atoms with Crippen molar-refractivity contribution in [2.24, 2.45) is 0 Å². The average molecular weight is 427 g/mol. The highest BCUT2D eigenvalue weighted by atomic mass is 35.5. The molecule has 1 fully saturated rings. The van der Waals surface area contributed by atoms with E-state index in [0.29, 0.717) is 27.0 Å². The van der Waals surface area contributed by atoms with E-state index in [1.165, 1.54) is 4.90 Å². The highest BCUT2D eigenvalue weighted by Gasteiger charge is 2.56. The van der Waals surface area contributed by atoms with Gasteiger partial charge in [-0.2, -0.15) is 0 Å². The normalized spacial score (nSPS) is 21.7. The standard InChI is InChI=1S/C23H20Cl2N2O2/c1-15-4-3-5-17(14-15)23(29)16(2)26(20-10-6-18(24)7-11-20)22(28)27(23)21-12-8-19(25)9-13-21/h3-14,16,29H,1-2H3. The second-order valence-corrected chi connectivity index (χ2v) is 8.09. The Morgan fingerprint density at radius 1 is 0.897 bits per heavy atom. The summed E-state index contributed by atoms with van der Waals surface area (Å²) in [4.78, 5) is 16.6. The molecular formula is C23H20Cl2N2O2. The Bertz CT molecular complexity index is 1050. The number of benzene rings is 3. The lowest BCUT2D eigenvalue weighted by molar-refractivity contribution is 0.0371. The van der Waals surface area contributed by atoms with Gasteiger partial charge < -0.3 is 5.11 Å². The lowest BCUT2D eigenvalue weighted by Gasteiger charge is -2.36. The van der Waals surface area contributed by atoms with Crippen LogP contribution in [0.4, 0.5) is 16.2 Å². The summed E-state index contributed by atoms with van der Waals surface area (Å²) in [6.07, 6.45) is 0. The quantitative estimate of drug-likeness (QED) is 0.559. The van der Waals surface area contributed by atoms with E-state index in [2.05, 4.69) is 0 Å². The van der Waals surface area contributed by atoms with Crippen LogP contribution in [0.1, 0.15) is 18.1 Å². The van der Waals surface area contributed by atoms with Gasteiger partial charge in [0.2, 0.25) is 0 Å². The first-order valence-electron chi connectivity index (χ1n) is 9.26. The van der Waals surface area contributed by atoms with E-state index in [0.717, 1.165) is 5.56 Å². The Labute approximate surface area is 179 Å². The minimum Gasteiger partial charge on any atom is -0.365 e. The molecule has 3 aromatic rings. The molecule has 0 saturated carbocycles. The third-order valence-corrected chi connectivity index (χ3v) is 5.84. The fraction of sp³-hybridized carbons (Fsp3) is 0.174. The summed E-state index contributed by atoms with van der Waals surface area (Å²) in [6, 6.07) is 20.6. The fourth-order valence-electron chi connectivity index (χ4n) is 3.86. The number of nitrogens with zero attached hydrogens (tertiary/aromatic N) is 2. The highest BCUT2D eigenvalue weighted by Crippen LogP contribution is 2.44. The number of urea groups is 1. The van der Waals surface area contributed by atoms with E-state index in [-0.39, 0.29) is 6.03 Å². The Kier molecular flexibility index (Phi) is 5.03. The maximum Gasteiger partial charge on any atom is 0.332 e. The van der Waals surface area contributed by atoms with Crippen molar-refractivity contribution in [1.82, 2.24) is 0 Å². The number of aryl methyl sites for hydroxylation is 1. The van der Waals surface area contributed by atoms with E-state index in [1.54, 1.807) is 53.4 Å². The van der Waals surface area contributed by atoms with Gasteiger partial charge in [-0.3, -0.25) is 9.80 Å². The topological polar surface area (TPSA) is 43.8 Å². The minimum atomic E-state index is -1.57. The summed E-state index contributed by atoms with van der Waals surface area (Å²) in [6.45, 7) is 3.79. The summed E-state index contributed by atoms with van der Waals surface area (Å²) >= 11 is 12.1. The smallest absolute Gasteiger partial charge is 0.332 e. The molecular weight excluding hydrogens is 407 g/mol. The highest BCUT2D eigenvalue weighted by molar-refractivity contribution is 6.31. The van der Waals surface area contributed by atoms with E-state index < -0.39 is 11.8 Å². The lowest BCUT2D eigenvalue weighted by atomic mass is 9.93. The molecule has 2 atom stereocenters. The zero-order valence-corrected chi connectivity index (χ0v) is 17.5. The Morgan fingerprint density at radius 2 is 1.45 bits per heavy atom. The number of carbonyl (C=O) groups excluding carboxylic acids is 1. The van der Waals surface area contributed by atoms with Crippen LogP contribution in [0.2, 0.25) is 10.0 Å². The molecule has 1 saturated heterocycles. The summed E-state index contributed by atoms with van der Waals surface area (Å²) in [5, 5.41) is 13.1. The fourth-order valence-corrected chi connectivity index (χ4v) is 4.12. The van der Waals surface area contributed by atoms with Crippen molar-refractivity contribution >= 4 is 40.6 Å². The van der Waals surface area contributed by atoms with Gasteiger partial charge in [-0.05, 0) is 62.4 Å². The molecule has 1 heterocycles. The van der Waals surface area contributed by atoms with Gasteiger partial charge in [-0.15, -0.1) is 0 Å². The zero-order chi connectivity index (χ0) is 20.8. The molecule has 1 aliphatic heterocycles. The number of amides is 2. The van der Waals surface area contributed by atoms with Crippen molar-refractivity contribution in [3.05, 3.63) is 94.0 Å². The van der Waals surface area contributed by atoms with Gasteiger partial charge in [0, 0.05) is 27.0 Å². The number of anilines is 2. The van der Waals surface area contributed by atoms with Crippen molar-refractivity contribution in [1.29, 1.82) is 0 Å². The van der Waals surface area contributed by atoms with Gasteiger partial charge in [0.15, 0.2) is 5.72 Å². The van der Waals surface area contributed by atoms with Gasteiger partial charge in [0.1, 0.15) is 0 Å². The van der Waals surface area contributed by atoms with Crippen molar-refractivity contribution < 1.29 is 9.90 Å². The molecule has 1 N–H and O–H groups in total. The van der Waals surface area contributed by atoms with Crippen molar-refractivity contribution in [2.75, 3.05) is 9.80 Å². The number of hydrogen-bond acceptors (Lipinski definition) is 2. The van der Waals surface area contributed by atoms with Gasteiger partial charge in [-0.1, -0.05) is 53.0 Å². The van der Waals surface area contributed by atoms with Gasteiger partial charge in [0.05, 0.1) is 6.04 Å². The second kappa shape index (κ2) is 7.38. The molecule has 3 aromatic carbocycles. The molecule has 0 radical (unpaired) electrons. The molecule has 1 aliphatic rings. The maximum atomic E-state index is 13.6. The van der Waals surface area contributed by atoms with Crippen LogP contribution in [-0.4, -0.2) is 17.2 Å². The predicted molar refractivity (Wildman–Crippen MR) is 118 cm³/mol. The molecule has 4 rings (SSSR count). The average Bonchev–Trinajstić information content (AvgIpc) is 2.90. The number of rotatable bonds is 3. The molecule has 0 bridgehead atoms. The molecule has 148 valence electrons. The first kappa shape index (κ1) is 19.8. The largest absolute Gasteiger partial charge is 0.365 e. The predicted octanol–water partition coefficient (Wildman–Crippen LogP) is 5.98. The third kappa shape index (κ3) is 3.27. The SMILES string of the molecule is Cc1cccc(C2(O)C(C)N(c3ccc(Cl)cc3)C(=O)N2c2ccc(Cl)cc2)c1. The van der Waals surface area contributed by atoms with Crippen LogP contribution in [0.15, 0.2) is 72.8 Å². The Morgan fingerprint density at radius 3 is 2.00 bits per heavy atom. The van der Waals surface area contributed by atoms with Crippen molar-refractivity contribution in [3.63, 3.8) is 0 Å². The summed E-state index contributed by atoms with van der Waals surface area (Å²) in [5.41, 5.74) is 1.29. The zero-order valence-electron chi connectivity index (χ0n) is 16.0. The number of carbonyl (C=O) groups is 1. The Balaban J connectivity index is 1.90. The molecule has 29 heavy (non-hydrogen) atoms. The minimum absolute atomic E-state index is 0.328. The Hall–Kier alpha value is -2.53. The molecule has 0 aliphatic carbocycles. The first-order valence-corrected chi connectivity index (χ1v) is 10.0. The van der Waals surface area contributed by atoms with Crippen LogP contribution in [-0.2, 0) is 5.72 Å². The van der Waals surface area contributed by atoms with Crippen molar-refractivity contribution in [2.45, 2.75) is 25.6 Å². The van der Waals surface area contributed by atoms with E-state index in [1.807, 2.05) is 38.1 Å². The molecule has 0 spiro atoms. The lowest BCUT2D eigenvalue weighted by Crippen LogP contribution is -2.48. The summed E-state index contributed by atoms with van der Waals surface area (Å²) < 4.78 is 0. The van der Waals surface area contributed by atoms with E-state index in [9.17, 15) is 9.90 Å². The number of hydrogen-bond donors (Lipinski definition) is 1. The van der Waals surface area contributed by atoms with E-state index >= 15 is 0 Å². The maximum absolute atomic E-state index is 13.6. The van der Waals surface area contributed by atoms with Crippen LogP contribution in [0.3, 0.4) is 0 Å². The number of halogens is 2. The third-order valence-electron chi connectivity index (χ3n) is 5.34. The van der Waals surface area contributed by atoms with Crippen molar-refractivity contribution in [3.8, 4) is 0 Å². The first-order chi connectivity index (χ1) is 13.8. The number of aliphatic hydroxyl groups is 1. The molecule has 2 amide bonds. The van der Waals surface area contributed by atoms with Crippen LogP contribution in [0.5, 0.6) is 0 Å². The van der Waals surface area contributed by atoms with Crippen LogP contribution in [0, 0.1) is 6.92 Å². The monoisotopic (exact) mass is 426 g/mol. The second-order valence-electron chi connectivity index (χ2n) is 7.21. The van der Waals surface area contributed by atoms with Crippen LogP contribution in [0.25, 0.3) is 0 Å². The van der Waals surface area contributed by atoms with Crippen LogP contribution >= 0.6 is 23.2 Å². The summed E-state index contributed by atoms with van der Waals surface area (Å²) in [5.74, 6) is 0. The van der Waals surface area contributed by atoms with Gasteiger partial charge in [0.25, 0.3) is 0 Å². The summed E-state index contributed by atoms with van der Waals surface area (Å²) in [7, 11) is 0. The molecule has 4 nitrogen and oxygen atoms in total. The molecule has 0 aromatic heterocycles. The van der Waals surface area contributed by atoms with Gasteiger partial charge in [-0.25, -0.2) is 4.79 Å². The van der Waals surface area contributed by atoms with Gasteiger partial charge >= 0.3 is 6.03 Å². The molecule has 6 heteroatoms.